The molecule has 0 atom stereocenters. The highest BCUT2D eigenvalue weighted by Crippen LogP contribution is 2.32. The second-order valence-electron chi connectivity index (χ2n) is 5.11. The molecule has 1 fully saturated rings. The van der Waals surface area contributed by atoms with Gasteiger partial charge in [0.15, 0.2) is 0 Å². The number of hydrogen-bond donors (Lipinski definition) is 1. The first kappa shape index (κ1) is 12.3. The summed E-state index contributed by atoms with van der Waals surface area (Å²) in [5, 5.41) is 4.54. The second kappa shape index (κ2) is 4.98. The van der Waals surface area contributed by atoms with Crippen LogP contribution in [0.15, 0.2) is 0 Å². The van der Waals surface area contributed by atoms with E-state index in [9.17, 15) is 0 Å². The standard InChI is InChI=1S/C13H24N4/c1-4-7-11-12(14)13(17(3)15-11)16(2)10-8-5-6-9-10/h10H,4-9,14H2,1-3H3. The first-order chi connectivity index (χ1) is 8.15. The highest BCUT2D eigenvalue weighted by Gasteiger charge is 2.24. The molecule has 0 spiro atoms. The minimum Gasteiger partial charge on any atom is -0.394 e. The maximum atomic E-state index is 6.23. The Morgan fingerprint density at radius 3 is 2.65 bits per heavy atom. The molecule has 2 rings (SSSR count). The van der Waals surface area contributed by atoms with Crippen molar-refractivity contribution < 1.29 is 0 Å². The summed E-state index contributed by atoms with van der Waals surface area (Å²) in [5.74, 6) is 1.10. The summed E-state index contributed by atoms with van der Waals surface area (Å²) in [4.78, 5) is 2.33. The van der Waals surface area contributed by atoms with Crippen LogP contribution in [0.1, 0.15) is 44.7 Å². The molecule has 1 aromatic rings. The minimum atomic E-state index is 0.641. The van der Waals surface area contributed by atoms with Crippen LogP contribution in [0.4, 0.5) is 11.5 Å². The molecule has 1 aromatic heterocycles. The van der Waals surface area contributed by atoms with Crippen LogP contribution < -0.4 is 10.6 Å². The number of nitrogen functional groups attached to an aromatic ring is 1. The fourth-order valence-corrected chi connectivity index (χ4v) is 2.89. The SMILES string of the molecule is CCCc1nn(C)c(N(C)C2CCCC2)c1N. The Hall–Kier alpha value is -1.19. The molecule has 0 aromatic carbocycles. The van der Waals surface area contributed by atoms with Crippen molar-refractivity contribution >= 4 is 11.5 Å². The number of rotatable bonds is 4. The number of aryl methyl sites for hydroxylation is 2. The average molecular weight is 236 g/mol. The molecule has 1 saturated carbocycles. The molecule has 0 unspecified atom stereocenters. The fourth-order valence-electron chi connectivity index (χ4n) is 2.89. The number of hydrogen-bond acceptors (Lipinski definition) is 3. The lowest BCUT2D eigenvalue weighted by molar-refractivity contribution is 0.620. The number of anilines is 2. The van der Waals surface area contributed by atoms with Gasteiger partial charge in [0.25, 0.3) is 0 Å². The molecule has 0 aliphatic heterocycles. The van der Waals surface area contributed by atoms with E-state index in [0.29, 0.717) is 6.04 Å². The van der Waals surface area contributed by atoms with E-state index in [1.165, 1.54) is 25.7 Å². The van der Waals surface area contributed by atoms with Gasteiger partial charge >= 0.3 is 0 Å². The lowest BCUT2D eigenvalue weighted by Crippen LogP contribution is -2.31. The van der Waals surface area contributed by atoms with E-state index in [2.05, 4.69) is 24.0 Å². The Labute approximate surface area is 104 Å². The third-order valence-electron chi connectivity index (χ3n) is 3.82. The fraction of sp³-hybridized carbons (Fsp3) is 0.769. The third-order valence-corrected chi connectivity index (χ3v) is 3.82. The van der Waals surface area contributed by atoms with Crippen LogP contribution in [0.2, 0.25) is 0 Å². The largest absolute Gasteiger partial charge is 0.394 e. The van der Waals surface area contributed by atoms with E-state index in [4.69, 9.17) is 5.73 Å². The molecule has 0 bridgehead atoms. The highest BCUT2D eigenvalue weighted by molar-refractivity contribution is 5.66. The van der Waals surface area contributed by atoms with Crippen molar-refractivity contribution in [3.05, 3.63) is 5.69 Å². The van der Waals surface area contributed by atoms with Crippen molar-refractivity contribution in [3.63, 3.8) is 0 Å². The normalized spacial score (nSPS) is 16.6. The predicted octanol–water partition coefficient (Wildman–Crippen LogP) is 2.33. The monoisotopic (exact) mass is 236 g/mol. The Morgan fingerprint density at radius 1 is 1.41 bits per heavy atom. The molecular weight excluding hydrogens is 212 g/mol. The van der Waals surface area contributed by atoms with Gasteiger partial charge in [0.05, 0.1) is 11.4 Å². The maximum Gasteiger partial charge on any atom is 0.150 e. The molecule has 4 nitrogen and oxygen atoms in total. The molecule has 1 aliphatic rings. The van der Waals surface area contributed by atoms with Gasteiger partial charge in [-0.1, -0.05) is 26.2 Å². The minimum absolute atomic E-state index is 0.641. The number of aromatic nitrogens is 2. The molecule has 0 saturated heterocycles. The van der Waals surface area contributed by atoms with Gasteiger partial charge in [-0.25, -0.2) is 0 Å². The molecule has 2 N–H and O–H groups in total. The van der Waals surface area contributed by atoms with Crippen LogP contribution in [0.25, 0.3) is 0 Å². The summed E-state index contributed by atoms with van der Waals surface area (Å²) in [6.07, 6.45) is 7.31. The van der Waals surface area contributed by atoms with Gasteiger partial charge in [0.1, 0.15) is 5.82 Å². The Morgan fingerprint density at radius 2 is 2.06 bits per heavy atom. The first-order valence-electron chi connectivity index (χ1n) is 6.69. The summed E-state index contributed by atoms with van der Waals surface area (Å²) in [5.41, 5.74) is 8.16. The van der Waals surface area contributed by atoms with E-state index in [0.717, 1.165) is 30.0 Å². The van der Waals surface area contributed by atoms with Gasteiger partial charge in [-0.05, 0) is 19.3 Å². The van der Waals surface area contributed by atoms with E-state index < -0.39 is 0 Å². The smallest absolute Gasteiger partial charge is 0.150 e. The van der Waals surface area contributed by atoms with Crippen molar-refractivity contribution in [2.45, 2.75) is 51.5 Å². The molecule has 96 valence electrons. The summed E-state index contributed by atoms with van der Waals surface area (Å²) in [7, 11) is 4.15. The summed E-state index contributed by atoms with van der Waals surface area (Å²) < 4.78 is 1.94. The third kappa shape index (κ3) is 2.26. The van der Waals surface area contributed by atoms with Gasteiger partial charge < -0.3 is 10.6 Å². The van der Waals surface area contributed by atoms with Crippen LogP contribution in [-0.2, 0) is 13.5 Å². The van der Waals surface area contributed by atoms with Gasteiger partial charge in [-0.3, -0.25) is 4.68 Å². The van der Waals surface area contributed by atoms with Crippen LogP contribution >= 0.6 is 0 Å². The van der Waals surface area contributed by atoms with E-state index >= 15 is 0 Å². The van der Waals surface area contributed by atoms with Crippen LogP contribution in [-0.4, -0.2) is 22.9 Å². The Balaban J connectivity index is 2.24. The number of nitrogens with zero attached hydrogens (tertiary/aromatic N) is 3. The zero-order chi connectivity index (χ0) is 12.4. The molecular formula is C13H24N4. The van der Waals surface area contributed by atoms with Crippen LogP contribution in [0.5, 0.6) is 0 Å². The topological polar surface area (TPSA) is 47.1 Å². The zero-order valence-corrected chi connectivity index (χ0v) is 11.2. The van der Waals surface area contributed by atoms with Crippen molar-refractivity contribution in [2.75, 3.05) is 17.7 Å². The predicted molar refractivity (Wildman–Crippen MR) is 72.3 cm³/mol. The van der Waals surface area contributed by atoms with E-state index in [-0.39, 0.29) is 0 Å². The van der Waals surface area contributed by atoms with Crippen molar-refractivity contribution in [2.24, 2.45) is 7.05 Å². The summed E-state index contributed by atoms with van der Waals surface area (Å²) >= 11 is 0. The van der Waals surface area contributed by atoms with Gasteiger partial charge in [0, 0.05) is 20.1 Å². The summed E-state index contributed by atoms with van der Waals surface area (Å²) in [6.45, 7) is 2.16. The van der Waals surface area contributed by atoms with Gasteiger partial charge in [0.2, 0.25) is 0 Å². The highest BCUT2D eigenvalue weighted by atomic mass is 15.4. The second-order valence-corrected chi connectivity index (χ2v) is 5.11. The summed E-state index contributed by atoms with van der Waals surface area (Å²) in [6, 6.07) is 0.641. The van der Waals surface area contributed by atoms with Gasteiger partial charge in [-0.15, -0.1) is 0 Å². The van der Waals surface area contributed by atoms with E-state index in [1.54, 1.807) is 0 Å². The molecule has 4 heteroatoms. The van der Waals surface area contributed by atoms with Gasteiger partial charge in [-0.2, -0.15) is 5.10 Å². The molecule has 0 radical (unpaired) electrons. The molecule has 1 heterocycles. The van der Waals surface area contributed by atoms with Crippen molar-refractivity contribution in [1.29, 1.82) is 0 Å². The number of nitrogens with two attached hydrogens (primary N) is 1. The molecule has 0 amide bonds. The Bertz CT molecular complexity index is 377. The average Bonchev–Trinajstić information content (AvgIpc) is 2.89. The lowest BCUT2D eigenvalue weighted by atomic mass is 10.2. The Kier molecular flexibility index (Phi) is 3.60. The molecule has 17 heavy (non-hydrogen) atoms. The quantitative estimate of drug-likeness (QED) is 0.873. The van der Waals surface area contributed by atoms with Crippen LogP contribution in [0, 0.1) is 0 Å². The first-order valence-corrected chi connectivity index (χ1v) is 6.69. The zero-order valence-electron chi connectivity index (χ0n) is 11.2. The van der Waals surface area contributed by atoms with Crippen LogP contribution in [0.3, 0.4) is 0 Å². The maximum absolute atomic E-state index is 6.23. The lowest BCUT2D eigenvalue weighted by Gasteiger charge is -2.26. The molecule has 1 aliphatic carbocycles. The van der Waals surface area contributed by atoms with E-state index in [1.807, 2.05) is 11.7 Å². The van der Waals surface area contributed by atoms with Crippen molar-refractivity contribution in [3.8, 4) is 0 Å². The van der Waals surface area contributed by atoms with Crippen molar-refractivity contribution in [1.82, 2.24) is 9.78 Å².